The normalized spacial score (nSPS) is 27.7. The summed E-state index contributed by atoms with van der Waals surface area (Å²) in [6.45, 7) is 4.52. The molecule has 1 N–H and O–H groups in total. The third-order valence-corrected chi connectivity index (χ3v) is 6.74. The van der Waals surface area contributed by atoms with Gasteiger partial charge in [0, 0.05) is 29.0 Å². The summed E-state index contributed by atoms with van der Waals surface area (Å²) < 4.78 is 2.75. The van der Waals surface area contributed by atoms with Crippen molar-refractivity contribution in [2.75, 3.05) is 13.1 Å². The van der Waals surface area contributed by atoms with E-state index in [4.69, 9.17) is 0 Å². The Bertz CT molecular complexity index is 942. The van der Waals surface area contributed by atoms with Crippen LogP contribution in [0.3, 0.4) is 0 Å². The van der Waals surface area contributed by atoms with Crippen molar-refractivity contribution in [2.24, 2.45) is 5.92 Å². The highest BCUT2D eigenvalue weighted by atomic mass is 32.1. The summed E-state index contributed by atoms with van der Waals surface area (Å²) >= 11 is 1.59. The van der Waals surface area contributed by atoms with E-state index in [1.54, 1.807) is 34.6 Å². The molecule has 1 amide bonds. The number of hydrogen-bond acceptors (Lipinski definition) is 6. The first-order valence-corrected chi connectivity index (χ1v) is 9.87. The Labute approximate surface area is 155 Å². The third kappa shape index (κ3) is 2.52. The first kappa shape index (κ1) is 15.9. The molecule has 0 spiro atoms. The van der Waals surface area contributed by atoms with E-state index >= 15 is 0 Å². The Kier molecular flexibility index (Phi) is 3.75. The molecule has 2 atom stereocenters. The maximum atomic E-state index is 12.9. The van der Waals surface area contributed by atoms with Gasteiger partial charge in [-0.25, -0.2) is 9.67 Å². The van der Waals surface area contributed by atoms with Crippen LogP contribution in [0.2, 0.25) is 0 Å². The molecular formula is C18H20N6OS. The fraction of sp³-hybridized carbons (Fsp3) is 0.444. The van der Waals surface area contributed by atoms with Crippen molar-refractivity contribution in [3.05, 3.63) is 35.7 Å². The van der Waals surface area contributed by atoms with Crippen molar-refractivity contribution in [1.29, 1.82) is 0 Å². The van der Waals surface area contributed by atoms with Gasteiger partial charge in [-0.2, -0.15) is 0 Å². The van der Waals surface area contributed by atoms with Gasteiger partial charge in [-0.1, -0.05) is 5.21 Å². The molecule has 6 heterocycles. The highest BCUT2D eigenvalue weighted by Crippen LogP contribution is 2.32. The zero-order valence-electron chi connectivity index (χ0n) is 14.5. The summed E-state index contributed by atoms with van der Waals surface area (Å²) in [6.07, 6.45) is 7.56. The van der Waals surface area contributed by atoms with Crippen molar-refractivity contribution >= 4 is 27.3 Å². The maximum absolute atomic E-state index is 12.9. The third-order valence-electron chi connectivity index (χ3n) is 5.82. The second-order valence-electron chi connectivity index (χ2n) is 7.15. The number of pyridine rings is 1. The van der Waals surface area contributed by atoms with Gasteiger partial charge >= 0.3 is 0 Å². The number of hydrogen-bond donors (Lipinski definition) is 1. The highest BCUT2D eigenvalue weighted by molar-refractivity contribution is 7.17. The molecule has 3 aliphatic rings. The quantitative estimate of drug-likeness (QED) is 0.766. The molecule has 3 aromatic heterocycles. The second kappa shape index (κ2) is 6.14. The lowest BCUT2D eigenvalue weighted by Crippen LogP contribution is -2.62. The predicted molar refractivity (Wildman–Crippen MR) is 99.6 cm³/mol. The van der Waals surface area contributed by atoms with Crippen LogP contribution in [-0.4, -0.2) is 56.0 Å². The first-order valence-electron chi connectivity index (χ1n) is 8.99. The van der Waals surface area contributed by atoms with Crippen LogP contribution in [0.5, 0.6) is 0 Å². The van der Waals surface area contributed by atoms with Gasteiger partial charge in [0.2, 0.25) is 0 Å². The van der Waals surface area contributed by atoms with Gasteiger partial charge in [0.1, 0.15) is 5.69 Å². The molecule has 2 bridgehead atoms. The fourth-order valence-electron chi connectivity index (χ4n) is 4.33. The first-order chi connectivity index (χ1) is 12.7. The largest absolute Gasteiger partial charge is 0.346 e. The van der Waals surface area contributed by atoms with Crippen molar-refractivity contribution in [3.63, 3.8) is 0 Å². The SMILES string of the molecule is C[C@H]1[C@H](NC(=O)c2cc3c(-n4ccnn4)csc3cn2)C2CCN1CC2. The van der Waals surface area contributed by atoms with E-state index in [0.717, 1.165) is 28.9 Å². The Balaban J connectivity index is 1.43. The number of amides is 1. The summed E-state index contributed by atoms with van der Waals surface area (Å²) in [5, 5.41) is 14.2. The molecule has 3 fully saturated rings. The summed E-state index contributed by atoms with van der Waals surface area (Å²) in [7, 11) is 0. The molecule has 3 saturated heterocycles. The number of aromatic nitrogens is 4. The number of rotatable bonds is 3. The minimum Gasteiger partial charge on any atom is -0.346 e. The van der Waals surface area contributed by atoms with E-state index in [1.165, 1.54) is 12.8 Å². The number of nitrogens with one attached hydrogen (secondary N) is 1. The van der Waals surface area contributed by atoms with Gasteiger partial charge in [0.25, 0.3) is 5.91 Å². The highest BCUT2D eigenvalue weighted by Gasteiger charge is 2.40. The summed E-state index contributed by atoms with van der Waals surface area (Å²) in [5.74, 6) is 0.489. The summed E-state index contributed by atoms with van der Waals surface area (Å²) in [5.41, 5.74) is 1.39. The zero-order valence-corrected chi connectivity index (χ0v) is 15.3. The topological polar surface area (TPSA) is 75.9 Å². The Morgan fingerprint density at radius 2 is 2.19 bits per heavy atom. The van der Waals surface area contributed by atoms with Crippen LogP contribution in [0.15, 0.2) is 30.0 Å². The van der Waals surface area contributed by atoms with Crippen molar-refractivity contribution in [3.8, 4) is 5.69 Å². The average Bonchev–Trinajstić information content (AvgIpc) is 3.33. The Morgan fingerprint density at radius 1 is 1.35 bits per heavy atom. The molecule has 6 rings (SSSR count). The van der Waals surface area contributed by atoms with Crippen molar-refractivity contribution in [1.82, 2.24) is 30.2 Å². The molecule has 0 radical (unpaired) electrons. The minimum absolute atomic E-state index is 0.0896. The van der Waals surface area contributed by atoms with Gasteiger partial charge in [-0.05, 0) is 44.8 Å². The monoisotopic (exact) mass is 368 g/mol. The molecule has 8 heteroatoms. The van der Waals surface area contributed by atoms with Crippen LogP contribution >= 0.6 is 11.3 Å². The minimum atomic E-state index is -0.0896. The molecule has 26 heavy (non-hydrogen) atoms. The van der Waals surface area contributed by atoms with E-state index in [9.17, 15) is 4.79 Å². The number of fused-ring (bicyclic) bond motifs is 4. The van der Waals surface area contributed by atoms with Gasteiger partial charge in [0.05, 0.1) is 22.8 Å². The van der Waals surface area contributed by atoms with Gasteiger partial charge in [-0.15, -0.1) is 16.4 Å². The van der Waals surface area contributed by atoms with Crippen molar-refractivity contribution < 1.29 is 4.79 Å². The zero-order chi connectivity index (χ0) is 17.7. The van der Waals surface area contributed by atoms with E-state index < -0.39 is 0 Å². The molecule has 3 aliphatic heterocycles. The van der Waals surface area contributed by atoms with Crippen LogP contribution in [-0.2, 0) is 0 Å². The number of thiophene rings is 1. The van der Waals surface area contributed by atoms with Crippen molar-refractivity contribution in [2.45, 2.75) is 31.8 Å². The van der Waals surface area contributed by atoms with Gasteiger partial charge < -0.3 is 5.32 Å². The van der Waals surface area contributed by atoms with Crippen LogP contribution in [0, 0.1) is 5.92 Å². The average molecular weight is 368 g/mol. The Hall–Kier alpha value is -2.32. The number of carbonyl (C=O) groups is 1. The predicted octanol–water partition coefficient (Wildman–Crippen LogP) is 2.09. The van der Waals surface area contributed by atoms with Crippen LogP contribution in [0.1, 0.15) is 30.3 Å². The molecule has 0 aliphatic carbocycles. The molecule has 0 aromatic carbocycles. The number of nitrogens with zero attached hydrogens (tertiary/aromatic N) is 5. The van der Waals surface area contributed by atoms with Crippen LogP contribution in [0.25, 0.3) is 15.8 Å². The van der Waals surface area contributed by atoms with Gasteiger partial charge in [0.15, 0.2) is 0 Å². The molecule has 7 nitrogen and oxygen atoms in total. The van der Waals surface area contributed by atoms with E-state index in [0.29, 0.717) is 17.7 Å². The lowest BCUT2D eigenvalue weighted by atomic mass is 9.79. The maximum Gasteiger partial charge on any atom is 0.270 e. The van der Waals surface area contributed by atoms with E-state index in [2.05, 4.69) is 32.4 Å². The summed E-state index contributed by atoms with van der Waals surface area (Å²) in [4.78, 5) is 19.7. The van der Waals surface area contributed by atoms with Gasteiger partial charge in [-0.3, -0.25) is 9.69 Å². The molecule has 0 saturated carbocycles. The standard InChI is InChI=1S/C18H20N6OS/c1-11-17(12-2-5-23(11)6-3-12)21-18(25)14-8-13-15(24-7-4-20-22-24)10-26-16(13)9-19-14/h4,7-12,17H,2-3,5-6H2,1H3,(H,21,25)/t11-,17-/m0/s1. The Morgan fingerprint density at radius 3 is 2.92 bits per heavy atom. The summed E-state index contributed by atoms with van der Waals surface area (Å²) in [6, 6.07) is 2.46. The molecular weight excluding hydrogens is 348 g/mol. The number of carbonyl (C=O) groups excluding carboxylic acids is 1. The smallest absolute Gasteiger partial charge is 0.270 e. The van der Waals surface area contributed by atoms with E-state index in [1.807, 2.05) is 11.4 Å². The fourth-order valence-corrected chi connectivity index (χ4v) is 5.21. The second-order valence-corrected chi connectivity index (χ2v) is 8.06. The number of piperidine rings is 3. The van der Waals surface area contributed by atoms with E-state index in [-0.39, 0.29) is 11.9 Å². The molecule has 3 aromatic rings. The lowest BCUT2D eigenvalue weighted by molar-refractivity contribution is 0.0216. The van der Waals surface area contributed by atoms with Crippen LogP contribution < -0.4 is 5.32 Å². The molecule has 134 valence electrons. The van der Waals surface area contributed by atoms with Crippen LogP contribution in [0.4, 0.5) is 0 Å². The lowest BCUT2D eigenvalue weighted by Gasteiger charge is -2.49. The molecule has 0 unspecified atom stereocenters.